The highest BCUT2D eigenvalue weighted by Gasteiger charge is 2.63. The Morgan fingerprint density at radius 2 is 1.70 bits per heavy atom. The van der Waals surface area contributed by atoms with Crippen LogP contribution in [0.25, 0.3) is 0 Å². The topological polar surface area (TPSA) is 69.7 Å². The van der Waals surface area contributed by atoms with Crippen molar-refractivity contribution in [2.75, 3.05) is 14.2 Å². The Labute approximate surface area is 134 Å². The van der Waals surface area contributed by atoms with E-state index in [0.717, 1.165) is 11.1 Å². The van der Waals surface area contributed by atoms with Gasteiger partial charge in [-0.05, 0) is 24.0 Å². The molecular formula is C18H18O5. The molecule has 2 aliphatic rings. The zero-order chi connectivity index (χ0) is 16.6. The van der Waals surface area contributed by atoms with Crippen LogP contribution in [0.4, 0.5) is 0 Å². The number of carbonyl (C=O) groups excluding carboxylic acids is 3. The summed E-state index contributed by atoms with van der Waals surface area (Å²) in [5, 5.41) is 0. The Hall–Kier alpha value is -2.43. The summed E-state index contributed by atoms with van der Waals surface area (Å²) in [5.74, 6) is -1.81. The number of ketones is 1. The molecule has 1 aromatic rings. The summed E-state index contributed by atoms with van der Waals surface area (Å²) in [6, 6.07) is 9.32. The minimum atomic E-state index is -1.43. The van der Waals surface area contributed by atoms with Gasteiger partial charge in [-0.3, -0.25) is 14.4 Å². The number of fused-ring (bicyclic) bond motifs is 1. The number of carbonyl (C=O) groups is 3. The van der Waals surface area contributed by atoms with Gasteiger partial charge in [-0.15, -0.1) is 0 Å². The van der Waals surface area contributed by atoms with E-state index in [0.29, 0.717) is 6.42 Å². The highest BCUT2D eigenvalue weighted by molar-refractivity contribution is 6.04. The van der Waals surface area contributed by atoms with Crippen molar-refractivity contribution in [3.05, 3.63) is 47.5 Å². The van der Waals surface area contributed by atoms with Crippen molar-refractivity contribution in [2.24, 2.45) is 11.3 Å². The Morgan fingerprint density at radius 3 is 2.26 bits per heavy atom. The van der Waals surface area contributed by atoms with Gasteiger partial charge in [-0.1, -0.05) is 35.9 Å². The SMILES string of the molecule is COC(=O)C1(C(=O)OC)CC2=CC(=O)C[C@@H]2[C@H]1c1ccccc1. The third-order valence-corrected chi connectivity index (χ3v) is 4.92. The van der Waals surface area contributed by atoms with Gasteiger partial charge in [-0.2, -0.15) is 0 Å². The van der Waals surface area contributed by atoms with Crippen LogP contribution in [-0.2, 0) is 23.9 Å². The molecule has 23 heavy (non-hydrogen) atoms. The van der Waals surface area contributed by atoms with Gasteiger partial charge in [0.2, 0.25) is 0 Å². The normalized spacial score (nSPS) is 24.8. The fraction of sp³-hybridized carbons (Fsp3) is 0.389. The fourth-order valence-electron chi connectivity index (χ4n) is 4.03. The van der Waals surface area contributed by atoms with Crippen molar-refractivity contribution in [1.29, 1.82) is 0 Å². The number of ether oxygens (including phenoxy) is 2. The molecule has 0 radical (unpaired) electrons. The molecule has 0 saturated heterocycles. The number of benzene rings is 1. The molecule has 1 aromatic carbocycles. The van der Waals surface area contributed by atoms with Crippen LogP contribution in [0.2, 0.25) is 0 Å². The first-order chi connectivity index (χ1) is 11.0. The summed E-state index contributed by atoms with van der Waals surface area (Å²) >= 11 is 0. The largest absolute Gasteiger partial charge is 0.468 e. The van der Waals surface area contributed by atoms with E-state index in [-0.39, 0.29) is 18.1 Å². The Balaban J connectivity index is 2.20. The number of allylic oxidation sites excluding steroid dienone is 2. The molecule has 0 spiro atoms. The molecule has 0 unspecified atom stereocenters. The summed E-state index contributed by atoms with van der Waals surface area (Å²) in [7, 11) is 2.53. The van der Waals surface area contributed by atoms with Crippen molar-refractivity contribution in [2.45, 2.75) is 18.8 Å². The van der Waals surface area contributed by atoms with E-state index in [9.17, 15) is 14.4 Å². The van der Waals surface area contributed by atoms with Gasteiger partial charge < -0.3 is 9.47 Å². The molecular weight excluding hydrogens is 296 g/mol. The van der Waals surface area contributed by atoms with Crippen LogP contribution in [0, 0.1) is 11.3 Å². The molecule has 2 aliphatic carbocycles. The quantitative estimate of drug-likeness (QED) is 0.630. The van der Waals surface area contributed by atoms with E-state index in [1.807, 2.05) is 30.3 Å². The molecule has 120 valence electrons. The molecule has 1 fully saturated rings. The smallest absolute Gasteiger partial charge is 0.324 e. The first-order valence-electron chi connectivity index (χ1n) is 7.49. The highest BCUT2D eigenvalue weighted by atomic mass is 16.5. The summed E-state index contributed by atoms with van der Waals surface area (Å²) < 4.78 is 9.90. The summed E-state index contributed by atoms with van der Waals surface area (Å²) in [5.41, 5.74) is 0.244. The molecule has 0 N–H and O–H groups in total. The number of esters is 2. The Bertz CT molecular complexity index is 673. The maximum Gasteiger partial charge on any atom is 0.324 e. The van der Waals surface area contributed by atoms with Crippen LogP contribution in [-0.4, -0.2) is 31.9 Å². The first-order valence-corrected chi connectivity index (χ1v) is 7.49. The van der Waals surface area contributed by atoms with Crippen molar-refractivity contribution < 1.29 is 23.9 Å². The third kappa shape index (κ3) is 2.19. The molecule has 0 aromatic heterocycles. The second-order valence-electron chi connectivity index (χ2n) is 6.02. The summed E-state index contributed by atoms with van der Waals surface area (Å²) in [6.07, 6.45) is 2.04. The predicted molar refractivity (Wildman–Crippen MR) is 81.5 cm³/mol. The van der Waals surface area contributed by atoms with E-state index in [2.05, 4.69) is 0 Å². The molecule has 5 nitrogen and oxygen atoms in total. The molecule has 2 atom stereocenters. The maximum absolute atomic E-state index is 12.6. The molecule has 1 saturated carbocycles. The van der Waals surface area contributed by atoms with E-state index in [1.54, 1.807) is 6.08 Å². The lowest BCUT2D eigenvalue weighted by Crippen LogP contribution is -2.44. The molecule has 0 aliphatic heterocycles. The number of methoxy groups -OCH3 is 2. The molecule has 0 amide bonds. The standard InChI is InChI=1S/C18H18O5/c1-22-16(20)18(17(21)23-2)10-12-8-13(19)9-14(12)15(18)11-6-4-3-5-7-11/h3-8,14-15H,9-10H2,1-2H3/t14-,15+/m0/s1. The molecule has 5 heteroatoms. The number of hydrogen-bond acceptors (Lipinski definition) is 5. The minimum Gasteiger partial charge on any atom is -0.468 e. The van der Waals surface area contributed by atoms with Crippen LogP contribution in [0.1, 0.15) is 24.3 Å². The lowest BCUT2D eigenvalue weighted by Gasteiger charge is -2.32. The van der Waals surface area contributed by atoms with Crippen LogP contribution in [0.15, 0.2) is 42.0 Å². The minimum absolute atomic E-state index is 0.0364. The van der Waals surface area contributed by atoms with Gasteiger partial charge in [0.05, 0.1) is 14.2 Å². The maximum atomic E-state index is 12.6. The molecule has 0 heterocycles. The second-order valence-corrected chi connectivity index (χ2v) is 6.02. The zero-order valence-electron chi connectivity index (χ0n) is 13.1. The zero-order valence-corrected chi connectivity index (χ0v) is 13.1. The van der Waals surface area contributed by atoms with Gasteiger partial charge in [0.15, 0.2) is 11.2 Å². The van der Waals surface area contributed by atoms with Crippen molar-refractivity contribution in [3.63, 3.8) is 0 Å². The number of rotatable bonds is 3. The van der Waals surface area contributed by atoms with Crippen LogP contribution >= 0.6 is 0 Å². The van der Waals surface area contributed by atoms with Crippen molar-refractivity contribution in [1.82, 2.24) is 0 Å². The van der Waals surface area contributed by atoms with Gasteiger partial charge in [-0.25, -0.2) is 0 Å². The van der Waals surface area contributed by atoms with Crippen molar-refractivity contribution >= 4 is 17.7 Å². The lowest BCUT2D eigenvalue weighted by atomic mass is 9.71. The van der Waals surface area contributed by atoms with Crippen LogP contribution in [0.5, 0.6) is 0 Å². The third-order valence-electron chi connectivity index (χ3n) is 4.92. The lowest BCUT2D eigenvalue weighted by molar-refractivity contribution is -0.170. The first kappa shape index (κ1) is 15.5. The average molecular weight is 314 g/mol. The van der Waals surface area contributed by atoms with Crippen molar-refractivity contribution in [3.8, 4) is 0 Å². The molecule has 3 rings (SSSR count). The second kappa shape index (κ2) is 5.65. The summed E-state index contributed by atoms with van der Waals surface area (Å²) in [4.78, 5) is 37.0. The van der Waals surface area contributed by atoms with Gasteiger partial charge in [0.1, 0.15) is 0 Å². The predicted octanol–water partition coefficient (Wildman–Crippen LogP) is 2.02. The van der Waals surface area contributed by atoms with E-state index >= 15 is 0 Å². The van der Waals surface area contributed by atoms with Crippen LogP contribution < -0.4 is 0 Å². The Morgan fingerprint density at radius 1 is 1.09 bits per heavy atom. The van der Waals surface area contributed by atoms with E-state index in [4.69, 9.17) is 9.47 Å². The van der Waals surface area contributed by atoms with E-state index in [1.165, 1.54) is 14.2 Å². The van der Waals surface area contributed by atoms with Crippen LogP contribution in [0.3, 0.4) is 0 Å². The van der Waals surface area contributed by atoms with Gasteiger partial charge in [0, 0.05) is 12.3 Å². The number of hydrogen-bond donors (Lipinski definition) is 0. The van der Waals surface area contributed by atoms with Gasteiger partial charge in [0.25, 0.3) is 0 Å². The fourth-order valence-corrected chi connectivity index (χ4v) is 4.03. The monoisotopic (exact) mass is 314 g/mol. The Kier molecular flexibility index (Phi) is 3.80. The summed E-state index contributed by atoms with van der Waals surface area (Å²) in [6.45, 7) is 0. The van der Waals surface area contributed by atoms with E-state index < -0.39 is 23.3 Å². The average Bonchev–Trinajstić information content (AvgIpc) is 3.07. The van der Waals surface area contributed by atoms with Gasteiger partial charge >= 0.3 is 11.9 Å². The molecule has 0 bridgehead atoms. The highest BCUT2D eigenvalue weighted by Crippen LogP contribution is 2.59.